The summed E-state index contributed by atoms with van der Waals surface area (Å²) < 4.78 is 0. The molecule has 0 aliphatic heterocycles. The molecule has 2 atom stereocenters. The average molecular weight is 234 g/mol. The molecule has 0 spiro atoms. The fraction of sp³-hybridized carbons (Fsp3) is 0.545. The highest BCUT2D eigenvalue weighted by Crippen LogP contribution is 2.55. The number of amides is 1. The number of carbonyl (C=O) groups is 1. The van der Waals surface area contributed by atoms with E-state index in [2.05, 4.69) is 21.4 Å². The van der Waals surface area contributed by atoms with Crippen LogP contribution in [0.15, 0.2) is 12.5 Å². The first kappa shape index (κ1) is 11.5. The third-order valence-electron chi connectivity index (χ3n) is 3.29. The van der Waals surface area contributed by atoms with Crippen molar-refractivity contribution in [2.45, 2.75) is 24.7 Å². The summed E-state index contributed by atoms with van der Waals surface area (Å²) in [6, 6.07) is 2.35. The van der Waals surface area contributed by atoms with Crippen LogP contribution in [0.4, 0.5) is 4.79 Å². The second-order valence-corrected chi connectivity index (χ2v) is 4.32. The van der Waals surface area contributed by atoms with E-state index < -0.39 is 11.5 Å². The minimum atomic E-state index is -0.999. The van der Waals surface area contributed by atoms with Crippen LogP contribution in [0, 0.1) is 17.2 Å². The summed E-state index contributed by atoms with van der Waals surface area (Å²) in [5.41, 5.74) is 0.455. The molecule has 1 aliphatic carbocycles. The lowest BCUT2D eigenvalue weighted by molar-refractivity contribution is 0.194. The SMILES string of the molecule is N#CC1(c2cnc[nH]2)CC1CCCNC(=O)O. The molecule has 3 N–H and O–H groups in total. The van der Waals surface area contributed by atoms with Crippen LogP contribution >= 0.6 is 0 Å². The molecule has 0 saturated heterocycles. The lowest BCUT2D eigenvalue weighted by Crippen LogP contribution is -2.22. The van der Waals surface area contributed by atoms with Crippen molar-refractivity contribution in [1.29, 1.82) is 5.26 Å². The maximum absolute atomic E-state index is 10.3. The molecule has 1 aromatic rings. The zero-order chi connectivity index (χ0) is 12.3. The first-order valence-electron chi connectivity index (χ1n) is 5.56. The summed E-state index contributed by atoms with van der Waals surface area (Å²) in [5, 5.41) is 20.0. The van der Waals surface area contributed by atoms with Crippen molar-refractivity contribution in [2.24, 2.45) is 5.92 Å². The van der Waals surface area contributed by atoms with Crippen LogP contribution in [0.2, 0.25) is 0 Å². The van der Waals surface area contributed by atoms with E-state index in [1.54, 1.807) is 12.5 Å². The molecule has 1 amide bonds. The molecule has 1 heterocycles. The Kier molecular flexibility index (Phi) is 3.00. The smallest absolute Gasteiger partial charge is 0.404 e. The second kappa shape index (κ2) is 4.45. The first-order valence-corrected chi connectivity index (χ1v) is 5.56. The van der Waals surface area contributed by atoms with Crippen molar-refractivity contribution in [3.05, 3.63) is 18.2 Å². The van der Waals surface area contributed by atoms with Gasteiger partial charge in [0.2, 0.25) is 0 Å². The zero-order valence-corrected chi connectivity index (χ0v) is 9.31. The number of aromatic nitrogens is 2. The number of nitrogens with zero attached hydrogens (tertiary/aromatic N) is 2. The third kappa shape index (κ3) is 2.23. The van der Waals surface area contributed by atoms with Gasteiger partial charge in [0.05, 0.1) is 18.1 Å². The standard InChI is InChI=1S/C11H14N4O2/c12-6-11(9-5-13-7-15-9)4-8(11)2-1-3-14-10(16)17/h5,7-8,14H,1-4H2,(H,13,15)(H,16,17). The molecule has 90 valence electrons. The van der Waals surface area contributed by atoms with Crippen LogP contribution in [0.5, 0.6) is 0 Å². The third-order valence-corrected chi connectivity index (χ3v) is 3.29. The largest absolute Gasteiger partial charge is 0.465 e. The number of carboxylic acid groups (broad SMARTS) is 1. The highest BCUT2D eigenvalue weighted by atomic mass is 16.4. The van der Waals surface area contributed by atoms with Gasteiger partial charge in [-0.15, -0.1) is 0 Å². The van der Waals surface area contributed by atoms with Crippen LogP contribution in [0.25, 0.3) is 0 Å². The molecule has 1 fully saturated rings. The number of aromatic amines is 1. The van der Waals surface area contributed by atoms with Gasteiger partial charge in [-0.25, -0.2) is 9.78 Å². The fourth-order valence-electron chi connectivity index (χ4n) is 2.25. The van der Waals surface area contributed by atoms with Gasteiger partial charge in [0.15, 0.2) is 0 Å². The Hall–Kier alpha value is -2.03. The van der Waals surface area contributed by atoms with Gasteiger partial charge in [-0.05, 0) is 25.2 Å². The number of hydrogen-bond acceptors (Lipinski definition) is 3. The van der Waals surface area contributed by atoms with Crippen LogP contribution in [-0.4, -0.2) is 27.7 Å². The topological polar surface area (TPSA) is 102 Å². The van der Waals surface area contributed by atoms with E-state index in [1.165, 1.54) is 0 Å². The van der Waals surface area contributed by atoms with Crippen molar-refractivity contribution in [1.82, 2.24) is 15.3 Å². The normalized spacial score (nSPS) is 26.2. The van der Waals surface area contributed by atoms with E-state index in [0.717, 1.165) is 25.0 Å². The molecular weight excluding hydrogens is 220 g/mol. The van der Waals surface area contributed by atoms with Crippen LogP contribution in [0.3, 0.4) is 0 Å². The average Bonchev–Trinajstić information content (AvgIpc) is 2.75. The van der Waals surface area contributed by atoms with Gasteiger partial charge < -0.3 is 15.4 Å². The monoisotopic (exact) mass is 234 g/mol. The van der Waals surface area contributed by atoms with Crippen molar-refractivity contribution < 1.29 is 9.90 Å². The zero-order valence-electron chi connectivity index (χ0n) is 9.31. The van der Waals surface area contributed by atoms with Gasteiger partial charge in [0.1, 0.15) is 5.41 Å². The molecule has 6 nitrogen and oxygen atoms in total. The number of nitriles is 1. The molecule has 17 heavy (non-hydrogen) atoms. The maximum Gasteiger partial charge on any atom is 0.404 e. The van der Waals surface area contributed by atoms with E-state index in [9.17, 15) is 10.1 Å². The lowest BCUT2D eigenvalue weighted by Gasteiger charge is -2.05. The highest BCUT2D eigenvalue weighted by molar-refractivity contribution is 5.64. The van der Waals surface area contributed by atoms with Gasteiger partial charge in [0.25, 0.3) is 0 Å². The summed E-state index contributed by atoms with van der Waals surface area (Å²) in [5.74, 6) is 0.309. The molecule has 1 saturated carbocycles. The molecule has 1 aromatic heterocycles. The van der Waals surface area contributed by atoms with Crippen molar-refractivity contribution in [2.75, 3.05) is 6.54 Å². The Balaban J connectivity index is 1.82. The molecule has 1 aliphatic rings. The van der Waals surface area contributed by atoms with Gasteiger partial charge in [-0.3, -0.25) is 0 Å². The number of rotatable bonds is 5. The van der Waals surface area contributed by atoms with Gasteiger partial charge in [0, 0.05) is 12.7 Å². The van der Waals surface area contributed by atoms with Crippen LogP contribution in [-0.2, 0) is 5.41 Å². The quantitative estimate of drug-likeness (QED) is 0.667. The summed E-state index contributed by atoms with van der Waals surface area (Å²) >= 11 is 0. The minimum absolute atomic E-state index is 0.309. The van der Waals surface area contributed by atoms with E-state index >= 15 is 0 Å². The first-order chi connectivity index (χ1) is 8.19. The predicted molar refractivity (Wildman–Crippen MR) is 59.2 cm³/mol. The van der Waals surface area contributed by atoms with Gasteiger partial charge >= 0.3 is 6.09 Å². The summed E-state index contributed by atoms with van der Waals surface area (Å²) in [6.07, 6.45) is 4.72. The van der Waals surface area contributed by atoms with Gasteiger partial charge in [-0.1, -0.05) is 0 Å². The number of H-pyrrole nitrogens is 1. The highest BCUT2D eigenvalue weighted by Gasteiger charge is 2.56. The van der Waals surface area contributed by atoms with Crippen molar-refractivity contribution >= 4 is 6.09 Å². The molecular formula is C11H14N4O2. The number of nitrogens with one attached hydrogen (secondary N) is 2. The Morgan fingerprint density at radius 2 is 2.65 bits per heavy atom. The Labute approximate surface area is 98.7 Å². The summed E-state index contributed by atoms with van der Waals surface area (Å²) in [7, 11) is 0. The molecule has 6 heteroatoms. The molecule has 0 bridgehead atoms. The molecule has 2 unspecified atom stereocenters. The fourth-order valence-corrected chi connectivity index (χ4v) is 2.25. The number of hydrogen-bond donors (Lipinski definition) is 3. The number of imidazole rings is 1. The van der Waals surface area contributed by atoms with Crippen molar-refractivity contribution in [3.63, 3.8) is 0 Å². The van der Waals surface area contributed by atoms with Crippen LogP contribution in [0.1, 0.15) is 25.0 Å². The maximum atomic E-state index is 10.3. The van der Waals surface area contributed by atoms with E-state index in [1.807, 2.05) is 0 Å². The Bertz CT molecular complexity index is 437. The Morgan fingerprint density at radius 1 is 1.82 bits per heavy atom. The molecule has 2 rings (SSSR count). The molecule has 0 radical (unpaired) electrons. The van der Waals surface area contributed by atoms with E-state index in [4.69, 9.17) is 5.11 Å². The lowest BCUT2D eigenvalue weighted by atomic mass is 9.99. The van der Waals surface area contributed by atoms with E-state index in [0.29, 0.717) is 12.5 Å². The summed E-state index contributed by atoms with van der Waals surface area (Å²) in [6.45, 7) is 0.441. The second-order valence-electron chi connectivity index (χ2n) is 4.32. The Morgan fingerprint density at radius 3 is 3.24 bits per heavy atom. The van der Waals surface area contributed by atoms with Crippen LogP contribution < -0.4 is 5.32 Å². The van der Waals surface area contributed by atoms with E-state index in [-0.39, 0.29) is 0 Å². The minimum Gasteiger partial charge on any atom is -0.465 e. The van der Waals surface area contributed by atoms with Gasteiger partial charge in [-0.2, -0.15) is 5.26 Å². The summed E-state index contributed by atoms with van der Waals surface area (Å²) in [4.78, 5) is 17.2. The predicted octanol–water partition coefficient (Wildman–Crippen LogP) is 1.24. The molecule has 0 aromatic carbocycles. The van der Waals surface area contributed by atoms with Crippen molar-refractivity contribution in [3.8, 4) is 6.07 Å².